The highest BCUT2D eigenvalue weighted by Crippen LogP contribution is 2.24. The molecule has 96 valence electrons. The van der Waals surface area contributed by atoms with E-state index in [0.29, 0.717) is 12.5 Å². The standard InChI is InChI=1S/C13H19N5/c1-17-7-5-10(8-17)12-2-3-13-15-11(4-6-14)9-18(13)16-12/h2-3,9-10H,4-8,14H2,1H3. The minimum atomic E-state index is 0.555. The Bertz CT molecular complexity index is 547. The van der Waals surface area contributed by atoms with Crippen molar-refractivity contribution < 1.29 is 0 Å². The van der Waals surface area contributed by atoms with Crippen molar-refractivity contribution in [3.05, 3.63) is 29.7 Å². The van der Waals surface area contributed by atoms with Gasteiger partial charge in [-0.15, -0.1) is 0 Å². The summed E-state index contributed by atoms with van der Waals surface area (Å²) in [5.41, 5.74) is 8.65. The average Bonchev–Trinajstić information content (AvgIpc) is 2.94. The van der Waals surface area contributed by atoms with E-state index in [1.165, 1.54) is 12.1 Å². The van der Waals surface area contributed by atoms with Crippen LogP contribution in [0.3, 0.4) is 0 Å². The lowest BCUT2D eigenvalue weighted by molar-refractivity contribution is 0.410. The van der Waals surface area contributed by atoms with Gasteiger partial charge in [0.15, 0.2) is 5.65 Å². The van der Waals surface area contributed by atoms with Crippen molar-refractivity contribution in [1.29, 1.82) is 0 Å². The number of nitrogens with two attached hydrogens (primary N) is 1. The quantitative estimate of drug-likeness (QED) is 0.862. The average molecular weight is 245 g/mol. The molecule has 0 spiro atoms. The third-order valence-electron chi connectivity index (χ3n) is 3.60. The topological polar surface area (TPSA) is 59.5 Å². The van der Waals surface area contributed by atoms with Gasteiger partial charge >= 0.3 is 0 Å². The highest BCUT2D eigenvalue weighted by molar-refractivity contribution is 5.39. The fourth-order valence-corrected chi connectivity index (χ4v) is 2.61. The van der Waals surface area contributed by atoms with Crippen LogP contribution in [-0.4, -0.2) is 46.2 Å². The SMILES string of the molecule is CN1CCC(c2ccc3nc(CCN)cn3n2)C1. The van der Waals surface area contributed by atoms with Crippen molar-refractivity contribution in [1.82, 2.24) is 19.5 Å². The molecule has 0 aliphatic carbocycles. The summed E-state index contributed by atoms with van der Waals surface area (Å²) in [6.07, 6.45) is 3.99. The zero-order chi connectivity index (χ0) is 12.5. The Morgan fingerprint density at radius 3 is 3.06 bits per heavy atom. The molecule has 3 rings (SSSR count). The van der Waals surface area contributed by atoms with E-state index >= 15 is 0 Å². The van der Waals surface area contributed by atoms with Crippen LogP contribution >= 0.6 is 0 Å². The lowest BCUT2D eigenvalue weighted by Gasteiger charge is -2.09. The summed E-state index contributed by atoms with van der Waals surface area (Å²) in [6, 6.07) is 4.17. The summed E-state index contributed by atoms with van der Waals surface area (Å²) in [4.78, 5) is 6.85. The van der Waals surface area contributed by atoms with E-state index < -0.39 is 0 Å². The Labute approximate surface area is 107 Å². The van der Waals surface area contributed by atoms with Gasteiger partial charge in [-0.05, 0) is 38.7 Å². The van der Waals surface area contributed by atoms with E-state index in [-0.39, 0.29) is 0 Å². The molecule has 0 radical (unpaired) electrons. The van der Waals surface area contributed by atoms with Crippen molar-refractivity contribution in [3.8, 4) is 0 Å². The normalized spacial score (nSPS) is 20.9. The molecule has 2 N–H and O–H groups in total. The number of likely N-dealkylation sites (N-methyl/N-ethyl adjacent to an activating group) is 1. The molecule has 5 heteroatoms. The molecular formula is C13H19N5. The first-order valence-electron chi connectivity index (χ1n) is 6.50. The second-order valence-corrected chi connectivity index (χ2v) is 5.08. The maximum Gasteiger partial charge on any atom is 0.153 e. The number of fused-ring (bicyclic) bond motifs is 1. The third-order valence-corrected chi connectivity index (χ3v) is 3.60. The summed E-state index contributed by atoms with van der Waals surface area (Å²) >= 11 is 0. The molecule has 0 bridgehead atoms. The molecule has 1 fully saturated rings. The first-order chi connectivity index (χ1) is 8.76. The molecule has 0 amide bonds. The molecule has 1 aliphatic heterocycles. The number of hydrogen-bond acceptors (Lipinski definition) is 4. The molecule has 5 nitrogen and oxygen atoms in total. The minimum Gasteiger partial charge on any atom is -0.330 e. The predicted molar refractivity (Wildman–Crippen MR) is 70.6 cm³/mol. The molecule has 0 saturated carbocycles. The number of rotatable bonds is 3. The Morgan fingerprint density at radius 1 is 1.44 bits per heavy atom. The van der Waals surface area contributed by atoms with Crippen molar-refractivity contribution in [2.75, 3.05) is 26.7 Å². The maximum atomic E-state index is 5.55. The summed E-state index contributed by atoms with van der Waals surface area (Å²) in [7, 11) is 2.16. The lowest BCUT2D eigenvalue weighted by Crippen LogP contribution is -2.14. The van der Waals surface area contributed by atoms with Gasteiger partial charge in [0.05, 0.1) is 17.6 Å². The van der Waals surface area contributed by atoms with Crippen LogP contribution in [-0.2, 0) is 6.42 Å². The fourth-order valence-electron chi connectivity index (χ4n) is 2.61. The van der Waals surface area contributed by atoms with Gasteiger partial charge in [0, 0.05) is 18.9 Å². The van der Waals surface area contributed by atoms with E-state index in [0.717, 1.165) is 30.9 Å². The largest absolute Gasteiger partial charge is 0.330 e. The van der Waals surface area contributed by atoms with E-state index in [1.807, 2.05) is 10.7 Å². The minimum absolute atomic E-state index is 0.555. The monoisotopic (exact) mass is 245 g/mol. The van der Waals surface area contributed by atoms with Gasteiger partial charge < -0.3 is 10.6 Å². The number of imidazole rings is 1. The third kappa shape index (κ3) is 2.11. The highest BCUT2D eigenvalue weighted by atomic mass is 15.3. The van der Waals surface area contributed by atoms with Crippen LogP contribution < -0.4 is 5.73 Å². The smallest absolute Gasteiger partial charge is 0.153 e. The molecule has 18 heavy (non-hydrogen) atoms. The molecule has 2 aromatic rings. The van der Waals surface area contributed by atoms with Crippen molar-refractivity contribution in [2.24, 2.45) is 5.73 Å². The first kappa shape index (κ1) is 11.6. The van der Waals surface area contributed by atoms with Gasteiger partial charge in [-0.2, -0.15) is 5.10 Å². The lowest BCUT2D eigenvalue weighted by atomic mass is 10.1. The highest BCUT2D eigenvalue weighted by Gasteiger charge is 2.22. The van der Waals surface area contributed by atoms with Crippen LogP contribution in [0.1, 0.15) is 23.7 Å². The molecule has 1 atom stereocenters. The molecule has 0 aromatic carbocycles. The number of aromatic nitrogens is 3. The van der Waals surface area contributed by atoms with Gasteiger partial charge in [-0.3, -0.25) is 0 Å². The summed E-state index contributed by atoms with van der Waals surface area (Å²) < 4.78 is 1.89. The number of likely N-dealkylation sites (tertiary alicyclic amines) is 1. The van der Waals surface area contributed by atoms with Crippen LogP contribution in [0.5, 0.6) is 0 Å². The Morgan fingerprint density at radius 2 is 2.33 bits per heavy atom. The van der Waals surface area contributed by atoms with Crippen molar-refractivity contribution >= 4 is 5.65 Å². The van der Waals surface area contributed by atoms with Crippen LogP contribution in [0.25, 0.3) is 5.65 Å². The fraction of sp³-hybridized carbons (Fsp3) is 0.538. The number of nitrogens with zero attached hydrogens (tertiary/aromatic N) is 4. The van der Waals surface area contributed by atoms with Gasteiger partial charge in [0.2, 0.25) is 0 Å². The predicted octanol–water partition coefficient (Wildman–Crippen LogP) is 0.650. The zero-order valence-corrected chi connectivity index (χ0v) is 10.7. The van der Waals surface area contributed by atoms with Crippen LogP contribution in [0.4, 0.5) is 0 Å². The van der Waals surface area contributed by atoms with E-state index in [4.69, 9.17) is 5.73 Å². The van der Waals surface area contributed by atoms with Gasteiger partial charge in [0.1, 0.15) is 0 Å². The van der Waals surface area contributed by atoms with Crippen LogP contribution in [0.2, 0.25) is 0 Å². The van der Waals surface area contributed by atoms with Gasteiger partial charge in [-0.25, -0.2) is 9.50 Å². The Hall–Kier alpha value is -1.46. The summed E-state index contributed by atoms with van der Waals surface area (Å²) in [5.74, 6) is 0.555. The Kier molecular flexibility index (Phi) is 3.01. The first-order valence-corrected chi connectivity index (χ1v) is 6.50. The van der Waals surface area contributed by atoms with Crippen LogP contribution in [0, 0.1) is 0 Å². The molecular weight excluding hydrogens is 226 g/mol. The number of hydrogen-bond donors (Lipinski definition) is 1. The molecule has 1 aliphatic rings. The van der Waals surface area contributed by atoms with E-state index in [1.54, 1.807) is 0 Å². The van der Waals surface area contributed by atoms with Gasteiger partial charge in [-0.1, -0.05) is 0 Å². The second kappa shape index (κ2) is 4.66. The summed E-state index contributed by atoms with van der Waals surface area (Å²) in [6.45, 7) is 2.89. The zero-order valence-electron chi connectivity index (χ0n) is 10.7. The van der Waals surface area contributed by atoms with Crippen molar-refractivity contribution in [2.45, 2.75) is 18.8 Å². The summed E-state index contributed by atoms with van der Waals surface area (Å²) in [5, 5.41) is 4.68. The molecule has 2 aromatic heterocycles. The van der Waals surface area contributed by atoms with Crippen LogP contribution in [0.15, 0.2) is 18.3 Å². The maximum absolute atomic E-state index is 5.55. The molecule has 1 unspecified atom stereocenters. The molecule has 3 heterocycles. The van der Waals surface area contributed by atoms with E-state index in [9.17, 15) is 0 Å². The van der Waals surface area contributed by atoms with Crippen molar-refractivity contribution in [3.63, 3.8) is 0 Å². The second-order valence-electron chi connectivity index (χ2n) is 5.08. The van der Waals surface area contributed by atoms with E-state index in [2.05, 4.69) is 34.2 Å². The molecule has 1 saturated heterocycles. The Balaban J connectivity index is 1.90. The van der Waals surface area contributed by atoms with Gasteiger partial charge in [0.25, 0.3) is 0 Å².